The Morgan fingerprint density at radius 2 is 1.75 bits per heavy atom. The molecule has 0 radical (unpaired) electrons. The van der Waals surface area contributed by atoms with Gasteiger partial charge in [0.25, 0.3) is 5.91 Å². The number of fused-ring (bicyclic) bond motifs is 2. The van der Waals surface area contributed by atoms with E-state index in [4.69, 9.17) is 16.3 Å². The second-order valence-electron chi connectivity index (χ2n) is 14.5. The maximum absolute atomic E-state index is 14.4. The van der Waals surface area contributed by atoms with Crippen molar-refractivity contribution in [1.29, 1.82) is 0 Å². The van der Waals surface area contributed by atoms with Gasteiger partial charge in [0, 0.05) is 48.3 Å². The van der Waals surface area contributed by atoms with Gasteiger partial charge in [-0.05, 0) is 98.0 Å². The summed E-state index contributed by atoms with van der Waals surface area (Å²) in [5.41, 5.74) is 2.92. The molecule has 11 nitrogen and oxygen atoms in total. The maximum atomic E-state index is 14.4. The number of amides is 3. The van der Waals surface area contributed by atoms with Gasteiger partial charge in [-0.3, -0.25) is 19.3 Å². The predicted molar refractivity (Wildman–Crippen MR) is 221 cm³/mol. The van der Waals surface area contributed by atoms with Gasteiger partial charge >= 0.3 is 0 Å². The maximum Gasteiger partial charge on any atom is 0.264 e. The molecular formula is C45H51ClN4O7. The summed E-state index contributed by atoms with van der Waals surface area (Å²) >= 11 is 6.44. The van der Waals surface area contributed by atoms with Crippen LogP contribution in [0.1, 0.15) is 55.4 Å². The first-order chi connectivity index (χ1) is 27.6. The zero-order chi connectivity index (χ0) is 40.5. The highest BCUT2D eigenvalue weighted by Gasteiger charge is 2.52. The molecule has 0 aromatic heterocycles. The van der Waals surface area contributed by atoms with Gasteiger partial charge in [-0.15, -0.1) is 0 Å². The fraction of sp³-hybridized carbons (Fsp3) is 0.356. The topological polar surface area (TPSA) is 143 Å². The number of carbonyl (C=O) groups is 3. The molecule has 1 unspecified atom stereocenters. The van der Waals surface area contributed by atoms with E-state index in [-0.39, 0.29) is 44.5 Å². The molecular weight excluding hydrogens is 744 g/mol. The Balaban J connectivity index is 1.23. The molecule has 300 valence electrons. The number of ether oxygens (including phenoxy) is 1. The number of anilines is 3. The molecule has 2 aliphatic rings. The van der Waals surface area contributed by atoms with E-state index in [9.17, 15) is 29.7 Å². The Labute approximate surface area is 339 Å². The van der Waals surface area contributed by atoms with Crippen LogP contribution in [0.2, 0.25) is 5.02 Å². The molecule has 0 fully saturated rings. The molecule has 2 aliphatic heterocycles. The highest BCUT2D eigenvalue weighted by Crippen LogP contribution is 2.47. The number of unbranched alkanes of at least 4 members (excludes halogenated alkanes) is 1. The molecule has 57 heavy (non-hydrogen) atoms. The van der Waals surface area contributed by atoms with Crippen LogP contribution < -0.4 is 19.9 Å². The molecule has 4 aromatic rings. The van der Waals surface area contributed by atoms with Crippen LogP contribution in [0.4, 0.5) is 17.1 Å². The molecule has 4 aromatic carbocycles. The van der Waals surface area contributed by atoms with Gasteiger partial charge < -0.3 is 35.2 Å². The third-order valence-electron chi connectivity index (χ3n) is 10.6. The number of aliphatic hydroxyl groups excluding tert-OH is 2. The lowest BCUT2D eigenvalue weighted by molar-refractivity contribution is -0.139. The second kappa shape index (κ2) is 18.9. The first-order valence-corrected chi connectivity index (χ1v) is 19.9. The molecule has 3 atom stereocenters. The predicted octanol–water partition coefficient (Wildman–Crippen LogP) is 6.03. The van der Waals surface area contributed by atoms with Crippen molar-refractivity contribution < 1.29 is 34.4 Å². The summed E-state index contributed by atoms with van der Waals surface area (Å²) in [6, 6.07) is 27.2. The van der Waals surface area contributed by atoms with Gasteiger partial charge in [-0.2, -0.15) is 0 Å². The van der Waals surface area contributed by atoms with Crippen molar-refractivity contribution in [2.24, 2.45) is 5.92 Å². The lowest BCUT2D eigenvalue weighted by Crippen LogP contribution is -2.49. The summed E-state index contributed by atoms with van der Waals surface area (Å²) in [6.45, 7) is 5.30. The lowest BCUT2D eigenvalue weighted by Gasteiger charge is -2.35. The van der Waals surface area contributed by atoms with E-state index < -0.39 is 23.5 Å². The SMILES string of the molecule is CCOc1ccc2c(c1)CC(NCCCCO)C(=O)N2c1cccc(CN2C(=O)[C@@](O)([C@@H](C)/C=C/CC(=O)N(CCO)Cc3ccccc3)c3cc(Cl)ccc32)c1. The van der Waals surface area contributed by atoms with Gasteiger partial charge in [0.1, 0.15) is 5.75 Å². The van der Waals surface area contributed by atoms with Crippen LogP contribution in [0, 0.1) is 5.92 Å². The minimum atomic E-state index is -1.97. The van der Waals surface area contributed by atoms with E-state index in [1.165, 1.54) is 4.90 Å². The van der Waals surface area contributed by atoms with E-state index in [1.807, 2.05) is 79.7 Å². The van der Waals surface area contributed by atoms with Crippen molar-refractivity contribution in [3.05, 3.63) is 130 Å². The summed E-state index contributed by atoms with van der Waals surface area (Å²) < 4.78 is 5.78. The largest absolute Gasteiger partial charge is 0.494 e. The third-order valence-corrected chi connectivity index (χ3v) is 10.8. The van der Waals surface area contributed by atoms with Crippen molar-refractivity contribution in [1.82, 2.24) is 10.2 Å². The standard InChI is InChI=1S/C45H51ClN4O7/c1-3-57-37-18-20-40-34(26-37)27-39(47-21-7-8-23-51)43(54)50(40)36-15-10-14-33(25-36)30-49-41-19-17-35(46)28-38(41)45(56,44(49)55)31(2)11-9-16-42(53)48(22-24-52)29-32-12-5-4-6-13-32/h4-6,9-15,17-20,25-26,28,31,39,47,51-52,56H,3,7-8,16,21-24,27,29-30H2,1-2H3/b11-9+/t31-,39?,45+/m0/s1. The molecule has 6 rings (SSSR count). The van der Waals surface area contributed by atoms with Crippen LogP contribution in [0.3, 0.4) is 0 Å². The van der Waals surface area contributed by atoms with Crippen molar-refractivity contribution in [3.63, 3.8) is 0 Å². The van der Waals surface area contributed by atoms with E-state index in [1.54, 1.807) is 47.1 Å². The highest BCUT2D eigenvalue weighted by molar-refractivity contribution is 6.31. The number of aliphatic hydroxyl groups is 3. The zero-order valence-corrected chi connectivity index (χ0v) is 33.2. The van der Waals surface area contributed by atoms with E-state index in [2.05, 4.69) is 5.32 Å². The van der Waals surface area contributed by atoms with Crippen LogP contribution in [0.25, 0.3) is 0 Å². The summed E-state index contributed by atoms with van der Waals surface area (Å²) in [4.78, 5) is 46.6. The van der Waals surface area contributed by atoms with Crippen molar-refractivity contribution in [2.45, 2.75) is 64.3 Å². The number of halogens is 1. The molecule has 12 heteroatoms. The van der Waals surface area contributed by atoms with E-state index >= 15 is 0 Å². The van der Waals surface area contributed by atoms with Crippen LogP contribution >= 0.6 is 11.6 Å². The van der Waals surface area contributed by atoms with E-state index in [0.717, 1.165) is 34.5 Å². The van der Waals surface area contributed by atoms with Crippen LogP contribution in [0.5, 0.6) is 5.75 Å². The fourth-order valence-electron chi connectivity index (χ4n) is 7.63. The third kappa shape index (κ3) is 9.24. The molecule has 0 saturated carbocycles. The Bertz CT molecular complexity index is 2080. The average Bonchev–Trinajstić information content (AvgIpc) is 3.41. The number of carbonyl (C=O) groups excluding carboxylic acids is 3. The Morgan fingerprint density at radius 1 is 0.982 bits per heavy atom. The number of benzene rings is 4. The van der Waals surface area contributed by atoms with Crippen LogP contribution in [-0.4, -0.2) is 76.9 Å². The minimum Gasteiger partial charge on any atom is -0.494 e. The molecule has 2 heterocycles. The summed E-state index contributed by atoms with van der Waals surface area (Å²) in [7, 11) is 0. The fourth-order valence-corrected chi connectivity index (χ4v) is 7.80. The monoisotopic (exact) mass is 794 g/mol. The number of rotatable bonds is 18. The summed E-state index contributed by atoms with van der Waals surface area (Å²) in [6.07, 6.45) is 5.21. The normalized spacial score (nSPS) is 18.2. The Morgan fingerprint density at radius 3 is 2.51 bits per heavy atom. The molecule has 0 saturated heterocycles. The molecule has 0 aliphatic carbocycles. The highest BCUT2D eigenvalue weighted by atomic mass is 35.5. The molecule has 0 spiro atoms. The molecule has 3 amide bonds. The smallest absolute Gasteiger partial charge is 0.264 e. The molecule has 0 bridgehead atoms. The number of nitrogens with one attached hydrogen (secondary N) is 1. The zero-order valence-electron chi connectivity index (χ0n) is 32.4. The van der Waals surface area contributed by atoms with Crippen molar-refractivity contribution in [2.75, 3.05) is 42.7 Å². The first-order valence-electron chi connectivity index (χ1n) is 19.6. The van der Waals surface area contributed by atoms with Gasteiger partial charge in [-0.1, -0.05) is 73.1 Å². The molecule has 4 N–H and O–H groups in total. The second-order valence-corrected chi connectivity index (χ2v) is 14.9. The first kappa shape index (κ1) is 41.6. The van der Waals surface area contributed by atoms with Crippen molar-refractivity contribution in [3.8, 4) is 5.75 Å². The summed E-state index contributed by atoms with van der Waals surface area (Å²) in [5.74, 6) is -0.857. The summed E-state index contributed by atoms with van der Waals surface area (Å²) in [5, 5.41) is 34.9. The Hall–Kier alpha value is -5.04. The average molecular weight is 795 g/mol. The van der Waals surface area contributed by atoms with Crippen LogP contribution in [-0.2, 0) is 39.5 Å². The van der Waals surface area contributed by atoms with Crippen LogP contribution in [0.15, 0.2) is 103 Å². The quantitative estimate of drug-likeness (QED) is 0.0707. The number of hydrogen-bond donors (Lipinski definition) is 4. The lowest BCUT2D eigenvalue weighted by atomic mass is 9.83. The van der Waals surface area contributed by atoms with E-state index in [0.29, 0.717) is 54.5 Å². The van der Waals surface area contributed by atoms with Gasteiger partial charge in [0.2, 0.25) is 11.8 Å². The van der Waals surface area contributed by atoms with Gasteiger partial charge in [0.05, 0.1) is 37.2 Å². The van der Waals surface area contributed by atoms with Gasteiger partial charge in [-0.25, -0.2) is 0 Å². The van der Waals surface area contributed by atoms with Gasteiger partial charge in [0.15, 0.2) is 5.60 Å². The number of hydrogen-bond acceptors (Lipinski definition) is 8. The van der Waals surface area contributed by atoms with Crippen molar-refractivity contribution >= 4 is 46.4 Å². The Kier molecular flexibility index (Phi) is 13.8. The number of nitrogens with zero attached hydrogens (tertiary/aromatic N) is 3. The minimum absolute atomic E-state index is 0.0185.